The number of hydrogen-bond donors (Lipinski definition) is 0. The number of amides is 1. The van der Waals surface area contributed by atoms with Crippen molar-refractivity contribution >= 4 is 44.2 Å². The molecular weight excluding hydrogens is 384 g/mol. The van der Waals surface area contributed by atoms with Crippen LogP contribution in [0.4, 0.5) is 5.13 Å². The number of aromatic nitrogens is 5. The quantitative estimate of drug-likeness (QED) is 0.514. The van der Waals surface area contributed by atoms with Gasteiger partial charge < -0.3 is 0 Å². The van der Waals surface area contributed by atoms with Gasteiger partial charge in [-0.2, -0.15) is 5.10 Å². The summed E-state index contributed by atoms with van der Waals surface area (Å²) in [6.07, 6.45) is 6.36. The fourth-order valence-corrected chi connectivity index (χ4v) is 3.87. The van der Waals surface area contributed by atoms with Gasteiger partial charge in [-0.05, 0) is 36.2 Å². The zero-order valence-electron chi connectivity index (χ0n) is 14.4. The van der Waals surface area contributed by atoms with Gasteiger partial charge in [-0.3, -0.25) is 14.7 Å². The van der Waals surface area contributed by atoms with Crippen molar-refractivity contribution in [2.75, 3.05) is 4.90 Å². The number of pyridine rings is 1. The highest BCUT2D eigenvalue weighted by Gasteiger charge is 2.22. The fraction of sp³-hybridized carbons (Fsp3) is 0.167. The van der Waals surface area contributed by atoms with Crippen LogP contribution in [0.1, 0.15) is 11.1 Å². The minimum absolute atomic E-state index is 0.0793. The number of halogens is 1. The molecule has 136 valence electrons. The van der Waals surface area contributed by atoms with E-state index in [4.69, 9.17) is 16.6 Å². The lowest BCUT2D eigenvalue weighted by Gasteiger charge is -2.19. The third-order valence-electron chi connectivity index (χ3n) is 4.10. The van der Waals surface area contributed by atoms with E-state index in [1.807, 2.05) is 31.2 Å². The summed E-state index contributed by atoms with van der Waals surface area (Å²) in [6.45, 7) is 2.38. The van der Waals surface area contributed by atoms with Crippen LogP contribution in [0.15, 0.2) is 49.3 Å². The van der Waals surface area contributed by atoms with E-state index in [-0.39, 0.29) is 12.5 Å². The van der Waals surface area contributed by atoms with Crippen molar-refractivity contribution in [1.82, 2.24) is 24.7 Å². The van der Waals surface area contributed by atoms with E-state index in [9.17, 15) is 4.79 Å². The Morgan fingerprint density at radius 3 is 2.93 bits per heavy atom. The van der Waals surface area contributed by atoms with Gasteiger partial charge >= 0.3 is 0 Å². The first-order valence-corrected chi connectivity index (χ1v) is 9.38. The maximum Gasteiger partial charge on any atom is 0.250 e. The Bertz CT molecular complexity index is 1080. The molecule has 0 atom stereocenters. The molecule has 0 bridgehead atoms. The van der Waals surface area contributed by atoms with Crippen molar-refractivity contribution < 1.29 is 4.79 Å². The van der Waals surface area contributed by atoms with Crippen LogP contribution in [0.3, 0.4) is 0 Å². The summed E-state index contributed by atoms with van der Waals surface area (Å²) in [5.41, 5.74) is 2.63. The minimum atomic E-state index is -0.132. The highest BCUT2D eigenvalue weighted by Crippen LogP contribution is 2.34. The topological polar surface area (TPSA) is 76.8 Å². The van der Waals surface area contributed by atoms with E-state index < -0.39 is 0 Å². The van der Waals surface area contributed by atoms with Gasteiger partial charge in [0.15, 0.2) is 5.13 Å². The number of fused-ring (bicyclic) bond motifs is 1. The van der Waals surface area contributed by atoms with E-state index in [1.54, 1.807) is 17.3 Å². The normalized spacial score (nSPS) is 11.0. The molecule has 0 unspecified atom stereocenters. The molecule has 1 amide bonds. The smallest absolute Gasteiger partial charge is 0.250 e. The summed E-state index contributed by atoms with van der Waals surface area (Å²) in [6, 6.07) is 7.55. The van der Waals surface area contributed by atoms with E-state index in [0.717, 1.165) is 21.3 Å². The van der Waals surface area contributed by atoms with Gasteiger partial charge in [-0.1, -0.05) is 29.0 Å². The second-order valence-corrected chi connectivity index (χ2v) is 7.37. The number of thiazole rings is 1. The number of carbonyl (C=O) groups excluding carboxylic acids is 1. The average molecular weight is 399 g/mol. The molecule has 4 aromatic rings. The first-order valence-electron chi connectivity index (χ1n) is 8.19. The van der Waals surface area contributed by atoms with Gasteiger partial charge in [0.25, 0.3) is 5.91 Å². The average Bonchev–Trinajstić information content (AvgIpc) is 3.33. The number of carbonyl (C=O) groups is 1. The Labute approximate surface area is 164 Å². The maximum atomic E-state index is 13.0. The summed E-state index contributed by atoms with van der Waals surface area (Å²) in [5.74, 6) is -0.132. The van der Waals surface area contributed by atoms with Crippen LogP contribution in [0, 0.1) is 6.92 Å². The molecule has 0 fully saturated rings. The summed E-state index contributed by atoms with van der Waals surface area (Å²) in [5, 5.41) is 5.29. The van der Waals surface area contributed by atoms with Crippen LogP contribution >= 0.6 is 22.9 Å². The molecule has 27 heavy (non-hydrogen) atoms. The highest BCUT2D eigenvalue weighted by atomic mass is 35.5. The Hall–Kier alpha value is -2.84. The van der Waals surface area contributed by atoms with Gasteiger partial charge in [0.1, 0.15) is 19.2 Å². The van der Waals surface area contributed by atoms with Crippen LogP contribution in [0.5, 0.6) is 0 Å². The SMILES string of the molecule is Cc1c(Cl)ccc2sc(N(Cc3cccnc3)C(=O)Cn3cncn3)nc12. The molecule has 0 aliphatic rings. The molecule has 0 radical (unpaired) electrons. The molecule has 0 spiro atoms. The van der Waals surface area contributed by atoms with Gasteiger partial charge in [0, 0.05) is 17.4 Å². The Morgan fingerprint density at radius 2 is 2.19 bits per heavy atom. The molecule has 4 rings (SSSR count). The number of rotatable bonds is 5. The zero-order chi connectivity index (χ0) is 18.8. The molecular formula is C18H15ClN6OS. The Balaban J connectivity index is 1.72. The highest BCUT2D eigenvalue weighted by molar-refractivity contribution is 7.22. The summed E-state index contributed by atoms with van der Waals surface area (Å²) in [4.78, 5) is 27.4. The van der Waals surface area contributed by atoms with Gasteiger partial charge in [0.05, 0.1) is 16.8 Å². The maximum absolute atomic E-state index is 13.0. The summed E-state index contributed by atoms with van der Waals surface area (Å²) >= 11 is 7.68. The number of anilines is 1. The zero-order valence-corrected chi connectivity index (χ0v) is 16.0. The summed E-state index contributed by atoms with van der Waals surface area (Å²) < 4.78 is 2.48. The van der Waals surface area contributed by atoms with Crippen molar-refractivity contribution in [3.63, 3.8) is 0 Å². The van der Waals surface area contributed by atoms with Crippen LogP contribution in [-0.2, 0) is 17.9 Å². The third kappa shape index (κ3) is 3.67. The molecule has 0 saturated carbocycles. The van der Waals surface area contributed by atoms with Crippen molar-refractivity contribution in [3.8, 4) is 0 Å². The number of aryl methyl sites for hydroxylation is 1. The van der Waals surface area contributed by atoms with E-state index in [0.29, 0.717) is 16.7 Å². The number of hydrogen-bond acceptors (Lipinski definition) is 6. The molecule has 0 N–H and O–H groups in total. The Morgan fingerprint density at radius 1 is 1.30 bits per heavy atom. The van der Waals surface area contributed by atoms with Crippen molar-refractivity contribution in [2.24, 2.45) is 0 Å². The van der Waals surface area contributed by atoms with Crippen molar-refractivity contribution in [1.29, 1.82) is 0 Å². The van der Waals surface area contributed by atoms with Gasteiger partial charge in [-0.25, -0.2) is 14.6 Å². The third-order valence-corrected chi connectivity index (χ3v) is 5.55. The predicted molar refractivity (Wildman–Crippen MR) is 105 cm³/mol. The molecule has 3 heterocycles. The van der Waals surface area contributed by atoms with Crippen LogP contribution in [0.25, 0.3) is 10.2 Å². The summed E-state index contributed by atoms with van der Waals surface area (Å²) in [7, 11) is 0. The van der Waals surface area contributed by atoms with E-state index >= 15 is 0 Å². The lowest BCUT2D eigenvalue weighted by atomic mass is 10.2. The standard InChI is InChI=1S/C18H15ClN6OS/c1-12-14(19)4-5-15-17(12)23-18(27-15)25(8-13-3-2-6-20-7-13)16(26)9-24-11-21-10-22-24/h2-7,10-11H,8-9H2,1H3. The van der Waals surface area contributed by atoms with Crippen LogP contribution < -0.4 is 4.90 Å². The van der Waals surface area contributed by atoms with Gasteiger partial charge in [-0.15, -0.1) is 0 Å². The molecule has 0 aliphatic carbocycles. The van der Waals surface area contributed by atoms with Crippen LogP contribution in [-0.4, -0.2) is 30.6 Å². The monoisotopic (exact) mass is 398 g/mol. The number of benzene rings is 1. The van der Waals surface area contributed by atoms with E-state index in [2.05, 4.69) is 15.1 Å². The first-order chi connectivity index (χ1) is 13.1. The minimum Gasteiger partial charge on any atom is -0.282 e. The first kappa shape index (κ1) is 17.6. The molecule has 1 aromatic carbocycles. The lowest BCUT2D eigenvalue weighted by molar-refractivity contribution is -0.119. The second-order valence-electron chi connectivity index (χ2n) is 5.95. The predicted octanol–water partition coefficient (Wildman–Crippen LogP) is 3.48. The fourth-order valence-electron chi connectivity index (χ4n) is 2.68. The van der Waals surface area contributed by atoms with Crippen LogP contribution in [0.2, 0.25) is 5.02 Å². The Kier molecular flexibility index (Phi) is 4.83. The molecule has 0 aliphatic heterocycles. The van der Waals surface area contributed by atoms with Crippen molar-refractivity contribution in [3.05, 3.63) is 65.5 Å². The molecule has 0 saturated heterocycles. The molecule has 3 aromatic heterocycles. The van der Waals surface area contributed by atoms with Gasteiger partial charge in [0.2, 0.25) is 0 Å². The molecule has 7 nitrogen and oxygen atoms in total. The largest absolute Gasteiger partial charge is 0.282 e. The van der Waals surface area contributed by atoms with Crippen molar-refractivity contribution in [2.45, 2.75) is 20.0 Å². The number of nitrogens with zero attached hydrogens (tertiary/aromatic N) is 6. The van der Waals surface area contributed by atoms with E-state index in [1.165, 1.54) is 28.7 Å². The molecule has 9 heteroatoms. The lowest BCUT2D eigenvalue weighted by Crippen LogP contribution is -2.33. The second kappa shape index (κ2) is 7.42.